The highest BCUT2D eigenvalue weighted by Crippen LogP contribution is 2.23. The van der Waals surface area contributed by atoms with Crippen molar-refractivity contribution in [2.45, 2.75) is 38.1 Å². The number of carbonyl (C=O) groups excluding carboxylic acids is 1. The van der Waals surface area contributed by atoms with Crippen LogP contribution in [0.3, 0.4) is 0 Å². The maximum absolute atomic E-state index is 12.3. The van der Waals surface area contributed by atoms with Gasteiger partial charge in [0.05, 0.1) is 7.11 Å². The van der Waals surface area contributed by atoms with E-state index in [0.717, 1.165) is 38.0 Å². The second-order valence-corrected chi connectivity index (χ2v) is 7.28. The monoisotopic (exact) mass is 422 g/mol. The number of nitrogens with zero attached hydrogens (tertiary/aromatic N) is 2. The first kappa shape index (κ1) is 23.5. The molecule has 0 aromatic heterocycles. The summed E-state index contributed by atoms with van der Waals surface area (Å²) < 4.78 is 10.7. The molecule has 0 unspecified atom stereocenters. The minimum Gasteiger partial charge on any atom is -0.497 e. The van der Waals surface area contributed by atoms with Crippen LogP contribution in [0.2, 0.25) is 0 Å². The molecule has 3 rings (SSSR count). The number of amides is 1. The molecule has 9 nitrogen and oxygen atoms in total. The molecule has 1 amide bonds. The molecule has 1 aliphatic carbocycles. The molecule has 0 spiro atoms. The number of benzene rings is 1. The fourth-order valence-corrected chi connectivity index (χ4v) is 3.69. The van der Waals surface area contributed by atoms with Crippen LogP contribution in [0, 0.1) is 0 Å². The fourth-order valence-electron chi connectivity index (χ4n) is 3.69. The van der Waals surface area contributed by atoms with Gasteiger partial charge in [-0.2, -0.15) is 0 Å². The van der Waals surface area contributed by atoms with Gasteiger partial charge in [0.2, 0.25) is 0 Å². The highest BCUT2D eigenvalue weighted by atomic mass is 16.5. The molecule has 2 N–H and O–H groups in total. The summed E-state index contributed by atoms with van der Waals surface area (Å²) in [6.07, 6.45) is 6.76. The standard InChI is InChI=1S/C19H28N2O3.C2H2O4/c1-23-17-7-9-18(10-8-17)24-15-19(22)21-13-11-20(12-14-21)16-5-3-2-4-6-16;3-1(4)2(5)6/h7-10,16H,2-6,11-15H2,1H3;(H,3,4)(H,5,6). The van der Waals surface area contributed by atoms with Gasteiger partial charge in [-0.15, -0.1) is 0 Å². The molecule has 30 heavy (non-hydrogen) atoms. The van der Waals surface area contributed by atoms with Crippen LogP contribution in [-0.2, 0) is 14.4 Å². The topological polar surface area (TPSA) is 117 Å². The van der Waals surface area contributed by atoms with Crippen LogP contribution in [0.4, 0.5) is 0 Å². The Morgan fingerprint density at radius 3 is 1.93 bits per heavy atom. The first-order valence-corrected chi connectivity index (χ1v) is 10.2. The predicted molar refractivity (Wildman–Crippen MR) is 109 cm³/mol. The van der Waals surface area contributed by atoms with Crippen LogP contribution < -0.4 is 9.47 Å². The van der Waals surface area contributed by atoms with Crippen molar-refractivity contribution in [3.63, 3.8) is 0 Å². The van der Waals surface area contributed by atoms with Crippen LogP contribution in [0.25, 0.3) is 0 Å². The number of carboxylic acids is 2. The van der Waals surface area contributed by atoms with Crippen LogP contribution in [-0.4, -0.2) is 83.8 Å². The molecule has 1 saturated heterocycles. The number of methoxy groups -OCH3 is 1. The van der Waals surface area contributed by atoms with Crippen LogP contribution in [0.5, 0.6) is 11.5 Å². The Labute approximate surface area is 176 Å². The molecule has 1 aromatic carbocycles. The van der Waals surface area contributed by atoms with Crippen molar-refractivity contribution < 1.29 is 34.1 Å². The van der Waals surface area contributed by atoms with E-state index < -0.39 is 11.9 Å². The van der Waals surface area contributed by atoms with E-state index in [9.17, 15) is 4.79 Å². The van der Waals surface area contributed by atoms with Crippen LogP contribution >= 0.6 is 0 Å². The molecular weight excluding hydrogens is 392 g/mol. The Hall–Kier alpha value is -2.81. The minimum atomic E-state index is -1.82. The van der Waals surface area contributed by atoms with Gasteiger partial charge in [0.15, 0.2) is 6.61 Å². The Morgan fingerprint density at radius 2 is 1.43 bits per heavy atom. The number of rotatable bonds is 5. The molecule has 1 heterocycles. The number of hydrogen-bond acceptors (Lipinski definition) is 6. The summed E-state index contributed by atoms with van der Waals surface area (Å²) in [5.74, 6) is -2.09. The first-order valence-electron chi connectivity index (χ1n) is 10.2. The lowest BCUT2D eigenvalue weighted by Gasteiger charge is -2.40. The zero-order valence-corrected chi connectivity index (χ0v) is 17.3. The normalized spacial score (nSPS) is 17.4. The second kappa shape index (κ2) is 12.0. The van der Waals surface area contributed by atoms with Crippen LogP contribution in [0.15, 0.2) is 24.3 Å². The largest absolute Gasteiger partial charge is 0.497 e. The third-order valence-corrected chi connectivity index (χ3v) is 5.36. The Bertz CT molecular complexity index is 682. The first-order chi connectivity index (χ1) is 14.4. The highest BCUT2D eigenvalue weighted by molar-refractivity contribution is 6.27. The number of carbonyl (C=O) groups is 3. The van der Waals surface area contributed by atoms with Crippen molar-refractivity contribution in [2.75, 3.05) is 39.9 Å². The third-order valence-electron chi connectivity index (χ3n) is 5.36. The zero-order valence-electron chi connectivity index (χ0n) is 17.3. The van der Waals surface area contributed by atoms with E-state index in [1.165, 1.54) is 32.1 Å². The van der Waals surface area contributed by atoms with E-state index in [1.54, 1.807) is 7.11 Å². The van der Waals surface area contributed by atoms with E-state index in [0.29, 0.717) is 5.75 Å². The lowest BCUT2D eigenvalue weighted by Crippen LogP contribution is -2.53. The minimum absolute atomic E-state index is 0.0779. The molecule has 1 aromatic rings. The fraction of sp³-hybridized carbons (Fsp3) is 0.571. The number of ether oxygens (including phenoxy) is 2. The van der Waals surface area contributed by atoms with E-state index in [4.69, 9.17) is 29.3 Å². The van der Waals surface area contributed by atoms with Crippen molar-refractivity contribution in [2.24, 2.45) is 0 Å². The summed E-state index contributed by atoms with van der Waals surface area (Å²) in [6, 6.07) is 8.07. The zero-order chi connectivity index (χ0) is 21.9. The molecular formula is C21H30N2O7. The second-order valence-electron chi connectivity index (χ2n) is 7.28. The average Bonchev–Trinajstić information content (AvgIpc) is 2.79. The number of aliphatic carboxylic acids is 2. The Balaban J connectivity index is 0.000000469. The van der Waals surface area contributed by atoms with Crippen molar-refractivity contribution in [1.82, 2.24) is 9.80 Å². The van der Waals surface area contributed by atoms with Gasteiger partial charge in [-0.25, -0.2) is 9.59 Å². The van der Waals surface area contributed by atoms with Gasteiger partial charge < -0.3 is 24.6 Å². The Morgan fingerprint density at radius 1 is 0.900 bits per heavy atom. The van der Waals surface area contributed by atoms with Gasteiger partial charge in [0.1, 0.15) is 11.5 Å². The lowest BCUT2D eigenvalue weighted by atomic mass is 9.94. The van der Waals surface area contributed by atoms with E-state index in [1.807, 2.05) is 29.2 Å². The maximum atomic E-state index is 12.3. The summed E-state index contributed by atoms with van der Waals surface area (Å²) in [5.41, 5.74) is 0. The van der Waals surface area contributed by atoms with Crippen molar-refractivity contribution in [3.05, 3.63) is 24.3 Å². The molecule has 1 aliphatic heterocycles. The van der Waals surface area contributed by atoms with Crippen LogP contribution in [0.1, 0.15) is 32.1 Å². The van der Waals surface area contributed by atoms with E-state index in [-0.39, 0.29) is 12.5 Å². The average molecular weight is 422 g/mol. The van der Waals surface area contributed by atoms with Gasteiger partial charge in [-0.1, -0.05) is 19.3 Å². The highest BCUT2D eigenvalue weighted by Gasteiger charge is 2.27. The summed E-state index contributed by atoms with van der Waals surface area (Å²) in [7, 11) is 1.63. The van der Waals surface area contributed by atoms with Gasteiger partial charge in [0.25, 0.3) is 5.91 Å². The molecule has 0 atom stereocenters. The quantitative estimate of drug-likeness (QED) is 0.689. The number of piperazine rings is 1. The summed E-state index contributed by atoms with van der Waals surface area (Å²) in [4.78, 5) is 35.0. The smallest absolute Gasteiger partial charge is 0.414 e. The number of carboxylic acid groups (broad SMARTS) is 2. The summed E-state index contributed by atoms with van der Waals surface area (Å²) in [5, 5.41) is 14.8. The molecule has 0 radical (unpaired) electrons. The molecule has 0 bridgehead atoms. The molecule has 1 saturated carbocycles. The van der Waals surface area contributed by atoms with E-state index in [2.05, 4.69) is 4.90 Å². The van der Waals surface area contributed by atoms with E-state index >= 15 is 0 Å². The van der Waals surface area contributed by atoms with Gasteiger partial charge >= 0.3 is 11.9 Å². The molecule has 2 aliphatic rings. The van der Waals surface area contributed by atoms with Crippen molar-refractivity contribution in [1.29, 1.82) is 0 Å². The molecule has 9 heteroatoms. The van der Waals surface area contributed by atoms with Crippen molar-refractivity contribution in [3.8, 4) is 11.5 Å². The third kappa shape index (κ3) is 7.55. The van der Waals surface area contributed by atoms with Gasteiger partial charge in [0, 0.05) is 32.2 Å². The molecule has 2 fully saturated rings. The maximum Gasteiger partial charge on any atom is 0.414 e. The number of hydrogen-bond donors (Lipinski definition) is 2. The summed E-state index contributed by atoms with van der Waals surface area (Å²) in [6.45, 7) is 3.75. The Kier molecular flexibility index (Phi) is 9.40. The van der Waals surface area contributed by atoms with Gasteiger partial charge in [-0.05, 0) is 37.1 Å². The SMILES string of the molecule is COc1ccc(OCC(=O)N2CCN(C3CCCCC3)CC2)cc1.O=C(O)C(=O)O. The van der Waals surface area contributed by atoms with Gasteiger partial charge in [-0.3, -0.25) is 9.69 Å². The van der Waals surface area contributed by atoms with Crippen molar-refractivity contribution >= 4 is 17.8 Å². The lowest BCUT2D eigenvalue weighted by molar-refractivity contribution is -0.159. The predicted octanol–water partition coefficient (Wildman–Crippen LogP) is 1.71. The molecule has 166 valence electrons. The summed E-state index contributed by atoms with van der Waals surface area (Å²) >= 11 is 0.